The van der Waals surface area contributed by atoms with Gasteiger partial charge in [0, 0.05) is 24.8 Å². The number of fused-ring (bicyclic) bond motifs is 1. The first kappa shape index (κ1) is 24.3. The van der Waals surface area contributed by atoms with Gasteiger partial charge < -0.3 is 19.5 Å². The number of carbonyl (C=O) groups excluding carboxylic acids is 1. The molecule has 34 heavy (non-hydrogen) atoms. The third-order valence-electron chi connectivity index (χ3n) is 5.25. The molecule has 2 aliphatic rings. The molecule has 0 unspecified atom stereocenters. The van der Waals surface area contributed by atoms with E-state index in [9.17, 15) is 21.6 Å². The van der Waals surface area contributed by atoms with Gasteiger partial charge >= 0.3 is 0 Å². The molecule has 13 heteroatoms. The van der Waals surface area contributed by atoms with Crippen molar-refractivity contribution in [3.8, 4) is 11.5 Å². The van der Waals surface area contributed by atoms with Gasteiger partial charge in [0.25, 0.3) is 0 Å². The van der Waals surface area contributed by atoms with E-state index in [0.29, 0.717) is 43.6 Å². The van der Waals surface area contributed by atoms with Gasteiger partial charge in [-0.2, -0.15) is 4.31 Å². The normalized spacial score (nSPS) is 16.6. The molecule has 0 bridgehead atoms. The lowest BCUT2D eigenvalue weighted by molar-refractivity contribution is -0.114. The van der Waals surface area contributed by atoms with E-state index in [4.69, 9.17) is 14.2 Å². The largest absolute Gasteiger partial charge is 0.486 e. The first-order valence-corrected chi connectivity index (χ1v) is 13.8. The fourth-order valence-corrected chi connectivity index (χ4v) is 5.84. The van der Waals surface area contributed by atoms with Gasteiger partial charge in [-0.15, -0.1) is 0 Å². The fourth-order valence-electron chi connectivity index (χ4n) is 3.57. The Labute approximate surface area is 198 Å². The van der Waals surface area contributed by atoms with Crippen molar-refractivity contribution in [2.45, 2.75) is 4.90 Å². The van der Waals surface area contributed by atoms with E-state index in [2.05, 4.69) is 5.32 Å². The summed E-state index contributed by atoms with van der Waals surface area (Å²) in [6.07, 6.45) is 0.975. The zero-order valence-electron chi connectivity index (χ0n) is 18.5. The second-order valence-electron chi connectivity index (χ2n) is 7.69. The first-order valence-electron chi connectivity index (χ1n) is 10.5. The number of nitrogens with one attached hydrogen (secondary N) is 1. The van der Waals surface area contributed by atoms with Gasteiger partial charge in [0.15, 0.2) is 11.5 Å². The molecule has 0 aromatic heterocycles. The van der Waals surface area contributed by atoms with Crippen molar-refractivity contribution in [1.82, 2.24) is 4.31 Å². The summed E-state index contributed by atoms with van der Waals surface area (Å²) in [5, 5.41) is 2.65. The van der Waals surface area contributed by atoms with Gasteiger partial charge in [0.1, 0.15) is 19.8 Å². The van der Waals surface area contributed by atoms with Crippen LogP contribution >= 0.6 is 0 Å². The molecule has 1 N–H and O–H groups in total. The SMILES string of the molecule is CS(=O)(=O)N(CC(=O)Nc1ccc2c(c1)OCCO2)c1ccc(S(=O)(=O)N2CCOCC2)cc1. The van der Waals surface area contributed by atoms with E-state index < -0.39 is 32.5 Å². The number of carbonyl (C=O) groups is 1. The Bertz CT molecular complexity index is 1260. The van der Waals surface area contributed by atoms with Crippen LogP contribution in [0.3, 0.4) is 0 Å². The minimum Gasteiger partial charge on any atom is -0.486 e. The van der Waals surface area contributed by atoms with E-state index in [0.717, 1.165) is 10.6 Å². The average molecular weight is 512 g/mol. The molecule has 1 amide bonds. The molecule has 2 aromatic rings. The van der Waals surface area contributed by atoms with Gasteiger partial charge in [-0.25, -0.2) is 16.8 Å². The lowest BCUT2D eigenvalue weighted by Crippen LogP contribution is -2.40. The summed E-state index contributed by atoms with van der Waals surface area (Å²) in [6.45, 7) is 1.47. The van der Waals surface area contributed by atoms with Crippen LogP contribution in [0.2, 0.25) is 0 Å². The van der Waals surface area contributed by atoms with E-state index in [1.165, 1.54) is 28.6 Å². The van der Waals surface area contributed by atoms with E-state index >= 15 is 0 Å². The summed E-state index contributed by atoms with van der Waals surface area (Å²) in [6, 6.07) is 10.3. The van der Waals surface area contributed by atoms with Crippen LogP contribution in [0.5, 0.6) is 11.5 Å². The molecule has 2 aliphatic heterocycles. The zero-order chi connectivity index (χ0) is 24.3. The molecule has 0 spiro atoms. The number of anilines is 2. The lowest BCUT2D eigenvalue weighted by Gasteiger charge is -2.26. The van der Waals surface area contributed by atoms with Gasteiger partial charge in [0.2, 0.25) is 26.0 Å². The van der Waals surface area contributed by atoms with Crippen LogP contribution in [-0.2, 0) is 29.6 Å². The minimum atomic E-state index is -3.84. The highest BCUT2D eigenvalue weighted by atomic mass is 32.2. The molecule has 0 atom stereocenters. The van der Waals surface area contributed by atoms with Crippen LogP contribution in [-0.4, -0.2) is 79.4 Å². The predicted octanol–water partition coefficient (Wildman–Crippen LogP) is 0.883. The summed E-state index contributed by atoms with van der Waals surface area (Å²) in [5.41, 5.74) is 0.593. The van der Waals surface area contributed by atoms with Crippen molar-refractivity contribution in [1.29, 1.82) is 0 Å². The molecule has 2 heterocycles. The number of morpholine rings is 1. The summed E-state index contributed by atoms with van der Waals surface area (Å²) in [4.78, 5) is 12.7. The van der Waals surface area contributed by atoms with Crippen LogP contribution in [0.4, 0.5) is 11.4 Å². The lowest BCUT2D eigenvalue weighted by atomic mass is 10.2. The Kier molecular flexibility index (Phi) is 6.98. The molecular weight excluding hydrogens is 486 g/mol. The maximum Gasteiger partial charge on any atom is 0.245 e. The van der Waals surface area contributed by atoms with Gasteiger partial charge in [-0.3, -0.25) is 9.10 Å². The van der Waals surface area contributed by atoms with Crippen molar-refractivity contribution in [3.05, 3.63) is 42.5 Å². The topological polar surface area (TPSA) is 132 Å². The monoisotopic (exact) mass is 511 g/mol. The standard InChI is InChI=1S/C21H25N3O8S2/c1-33(26,27)24(15-21(25)22-16-2-7-19-20(14-16)32-13-12-31-19)17-3-5-18(6-4-17)34(28,29)23-8-10-30-11-9-23/h2-7,14H,8-13,15H2,1H3,(H,22,25). The molecule has 184 valence electrons. The van der Waals surface area contributed by atoms with E-state index in [-0.39, 0.29) is 23.7 Å². The van der Waals surface area contributed by atoms with Gasteiger partial charge in [0.05, 0.1) is 30.1 Å². The van der Waals surface area contributed by atoms with Crippen LogP contribution in [0, 0.1) is 0 Å². The number of benzene rings is 2. The second-order valence-corrected chi connectivity index (χ2v) is 11.5. The van der Waals surface area contributed by atoms with Crippen molar-refractivity contribution >= 4 is 37.3 Å². The van der Waals surface area contributed by atoms with Crippen LogP contribution in [0.25, 0.3) is 0 Å². The van der Waals surface area contributed by atoms with E-state index in [1.807, 2.05) is 0 Å². The molecule has 1 fully saturated rings. The first-order chi connectivity index (χ1) is 16.1. The van der Waals surface area contributed by atoms with Gasteiger partial charge in [-0.1, -0.05) is 0 Å². The fraction of sp³-hybridized carbons (Fsp3) is 0.381. The third kappa shape index (κ3) is 5.43. The molecule has 11 nitrogen and oxygen atoms in total. The van der Waals surface area contributed by atoms with Crippen molar-refractivity contribution < 1.29 is 35.8 Å². The molecular formula is C21H25N3O8S2. The van der Waals surface area contributed by atoms with Crippen LogP contribution < -0.4 is 19.1 Å². The molecule has 0 saturated carbocycles. The number of hydrogen-bond acceptors (Lipinski definition) is 8. The predicted molar refractivity (Wildman–Crippen MR) is 124 cm³/mol. The maximum atomic E-state index is 12.8. The summed E-state index contributed by atoms with van der Waals surface area (Å²) < 4.78 is 68.8. The number of amides is 1. The minimum absolute atomic E-state index is 0.0346. The van der Waals surface area contributed by atoms with Crippen molar-refractivity contribution in [2.75, 3.05) is 61.9 Å². The summed E-state index contributed by atoms with van der Waals surface area (Å²) >= 11 is 0. The number of ether oxygens (including phenoxy) is 3. The Balaban J connectivity index is 1.49. The van der Waals surface area contributed by atoms with E-state index in [1.54, 1.807) is 18.2 Å². The molecule has 4 rings (SSSR count). The number of sulfonamides is 2. The number of nitrogens with zero attached hydrogens (tertiary/aromatic N) is 2. The van der Waals surface area contributed by atoms with Crippen molar-refractivity contribution in [3.63, 3.8) is 0 Å². The Morgan fingerprint density at radius 3 is 2.24 bits per heavy atom. The highest BCUT2D eigenvalue weighted by molar-refractivity contribution is 7.92. The summed E-state index contributed by atoms with van der Waals surface area (Å²) in [5.74, 6) is 0.474. The zero-order valence-corrected chi connectivity index (χ0v) is 20.1. The smallest absolute Gasteiger partial charge is 0.245 e. The van der Waals surface area contributed by atoms with Crippen LogP contribution in [0.1, 0.15) is 0 Å². The Morgan fingerprint density at radius 1 is 0.941 bits per heavy atom. The third-order valence-corrected chi connectivity index (χ3v) is 8.30. The molecule has 1 saturated heterocycles. The Morgan fingerprint density at radius 2 is 1.59 bits per heavy atom. The molecule has 0 radical (unpaired) electrons. The number of rotatable bonds is 7. The maximum absolute atomic E-state index is 12.8. The van der Waals surface area contributed by atoms with Crippen molar-refractivity contribution in [2.24, 2.45) is 0 Å². The van der Waals surface area contributed by atoms with Crippen LogP contribution in [0.15, 0.2) is 47.4 Å². The average Bonchev–Trinajstić information content (AvgIpc) is 2.82. The number of hydrogen-bond donors (Lipinski definition) is 1. The van der Waals surface area contributed by atoms with Gasteiger partial charge in [-0.05, 0) is 36.4 Å². The quantitative estimate of drug-likeness (QED) is 0.580. The summed E-state index contributed by atoms with van der Waals surface area (Å²) in [7, 11) is -7.56. The molecule has 2 aromatic carbocycles. The second kappa shape index (κ2) is 9.78. The Hall–Kier alpha value is -2.87. The molecule has 0 aliphatic carbocycles. The highest BCUT2D eigenvalue weighted by Crippen LogP contribution is 2.32. The highest BCUT2D eigenvalue weighted by Gasteiger charge is 2.27.